The van der Waals surface area contributed by atoms with Crippen LogP contribution in [0.4, 0.5) is 0 Å². The monoisotopic (exact) mass is 185 g/mol. The van der Waals surface area contributed by atoms with Crippen LogP contribution in [0.2, 0.25) is 5.02 Å². The van der Waals surface area contributed by atoms with Crippen molar-refractivity contribution in [3.8, 4) is 5.75 Å². The van der Waals surface area contributed by atoms with Crippen LogP contribution in [0.25, 0.3) is 0 Å². The summed E-state index contributed by atoms with van der Waals surface area (Å²) in [5.41, 5.74) is 5.52. The van der Waals surface area contributed by atoms with E-state index in [9.17, 15) is 0 Å². The molecule has 2 N–H and O–H groups in total. The minimum absolute atomic E-state index is 0.0454. The highest BCUT2D eigenvalue weighted by atomic mass is 35.5. The van der Waals surface area contributed by atoms with Crippen molar-refractivity contribution in [3.63, 3.8) is 0 Å². The fourth-order valence-electron chi connectivity index (χ4n) is 0.784. The maximum atomic E-state index is 5.75. The van der Waals surface area contributed by atoms with Gasteiger partial charge in [0.25, 0.3) is 0 Å². The molecule has 0 radical (unpaired) electrons. The molecular weight excluding hydrogens is 174 g/mol. The van der Waals surface area contributed by atoms with Crippen LogP contribution in [0, 0.1) is 0 Å². The summed E-state index contributed by atoms with van der Waals surface area (Å²) >= 11 is 5.75. The number of halogens is 1. The molecule has 0 aliphatic carbocycles. The summed E-state index contributed by atoms with van der Waals surface area (Å²) in [5.74, 6) is 0.764. The molecule has 0 heterocycles. The topological polar surface area (TPSA) is 35.2 Å². The Labute approximate surface area is 77.3 Å². The van der Waals surface area contributed by atoms with E-state index in [4.69, 9.17) is 22.1 Å². The second-order valence-corrected chi connectivity index (χ2v) is 3.18. The van der Waals surface area contributed by atoms with Gasteiger partial charge in [-0.2, -0.15) is 0 Å². The van der Waals surface area contributed by atoms with E-state index in [-0.39, 0.29) is 6.04 Å². The molecule has 0 aliphatic heterocycles. The fraction of sp³-hybridized carbons (Fsp3) is 0.333. The van der Waals surface area contributed by atoms with E-state index in [1.54, 1.807) is 12.1 Å². The molecule has 0 unspecified atom stereocenters. The largest absolute Gasteiger partial charge is 0.492 e. The minimum Gasteiger partial charge on any atom is -0.492 e. The van der Waals surface area contributed by atoms with Crippen molar-refractivity contribution in [2.24, 2.45) is 5.73 Å². The normalized spacial score (nSPS) is 12.6. The second kappa shape index (κ2) is 4.33. The first-order valence-electron chi connectivity index (χ1n) is 3.82. The third-order valence-electron chi connectivity index (χ3n) is 1.31. The Hall–Kier alpha value is -0.730. The summed E-state index contributed by atoms with van der Waals surface area (Å²) in [6.07, 6.45) is 0. The molecule has 0 fully saturated rings. The molecule has 1 aromatic rings. The number of benzene rings is 1. The zero-order valence-corrected chi connectivity index (χ0v) is 7.71. The number of nitrogens with two attached hydrogens (primary N) is 1. The third-order valence-corrected chi connectivity index (χ3v) is 1.54. The lowest BCUT2D eigenvalue weighted by Crippen LogP contribution is -2.23. The van der Waals surface area contributed by atoms with Crippen LogP contribution >= 0.6 is 11.6 Å². The number of hydrogen-bond acceptors (Lipinski definition) is 2. The van der Waals surface area contributed by atoms with Crippen molar-refractivity contribution in [1.29, 1.82) is 0 Å². The van der Waals surface area contributed by atoms with Gasteiger partial charge in [0, 0.05) is 11.1 Å². The van der Waals surface area contributed by atoms with E-state index in [2.05, 4.69) is 0 Å². The van der Waals surface area contributed by atoms with Gasteiger partial charge >= 0.3 is 0 Å². The predicted molar refractivity (Wildman–Crippen MR) is 50.6 cm³/mol. The predicted octanol–water partition coefficient (Wildman–Crippen LogP) is 2.07. The van der Waals surface area contributed by atoms with Gasteiger partial charge in [0.15, 0.2) is 0 Å². The standard InChI is InChI=1S/C9H12ClNO/c1-7(11)6-12-9-4-2-3-8(10)5-9/h2-5,7H,6,11H2,1H3/t7-/m1/s1. The van der Waals surface area contributed by atoms with E-state index in [1.807, 2.05) is 19.1 Å². The summed E-state index contributed by atoms with van der Waals surface area (Å²) in [5, 5.41) is 0.678. The van der Waals surface area contributed by atoms with Crippen LogP contribution < -0.4 is 10.5 Å². The van der Waals surface area contributed by atoms with Crippen molar-refractivity contribution >= 4 is 11.6 Å². The van der Waals surface area contributed by atoms with Crippen molar-refractivity contribution < 1.29 is 4.74 Å². The summed E-state index contributed by atoms with van der Waals surface area (Å²) in [4.78, 5) is 0. The van der Waals surface area contributed by atoms with Crippen LogP contribution in [-0.2, 0) is 0 Å². The quantitative estimate of drug-likeness (QED) is 0.783. The first-order valence-corrected chi connectivity index (χ1v) is 4.20. The van der Waals surface area contributed by atoms with Gasteiger partial charge in [-0.15, -0.1) is 0 Å². The van der Waals surface area contributed by atoms with Crippen molar-refractivity contribution in [2.75, 3.05) is 6.61 Å². The average molecular weight is 186 g/mol. The lowest BCUT2D eigenvalue weighted by atomic mass is 10.3. The van der Waals surface area contributed by atoms with Crippen molar-refractivity contribution in [3.05, 3.63) is 29.3 Å². The zero-order chi connectivity index (χ0) is 8.97. The molecule has 0 saturated carbocycles. The highest BCUT2D eigenvalue weighted by molar-refractivity contribution is 6.30. The third kappa shape index (κ3) is 3.11. The molecule has 0 aromatic heterocycles. The van der Waals surface area contributed by atoms with Gasteiger partial charge < -0.3 is 10.5 Å². The molecule has 0 amide bonds. The number of ether oxygens (including phenoxy) is 1. The molecule has 0 spiro atoms. The van der Waals surface area contributed by atoms with E-state index < -0.39 is 0 Å². The van der Waals surface area contributed by atoms with Gasteiger partial charge in [-0.3, -0.25) is 0 Å². The Kier molecular flexibility index (Phi) is 3.38. The molecule has 3 heteroatoms. The SMILES string of the molecule is C[C@@H](N)COc1cccc(Cl)c1. The van der Waals surface area contributed by atoms with Gasteiger partial charge in [0.1, 0.15) is 12.4 Å². The summed E-state index contributed by atoms with van der Waals surface area (Å²) in [6, 6.07) is 7.32. The number of hydrogen-bond donors (Lipinski definition) is 1. The Morgan fingerprint density at radius 2 is 2.33 bits per heavy atom. The molecule has 66 valence electrons. The summed E-state index contributed by atoms with van der Waals surface area (Å²) in [6.45, 7) is 2.41. The van der Waals surface area contributed by atoms with Crippen molar-refractivity contribution in [2.45, 2.75) is 13.0 Å². The molecule has 0 saturated heterocycles. The molecule has 1 atom stereocenters. The highest BCUT2D eigenvalue weighted by Gasteiger charge is 1.96. The number of rotatable bonds is 3. The molecule has 0 aliphatic rings. The average Bonchev–Trinajstić information content (AvgIpc) is 2.01. The minimum atomic E-state index is 0.0454. The van der Waals surface area contributed by atoms with Crippen LogP contribution in [0.3, 0.4) is 0 Å². The molecular formula is C9H12ClNO. The van der Waals surface area contributed by atoms with E-state index in [0.717, 1.165) is 5.75 Å². The van der Waals surface area contributed by atoms with Crippen LogP contribution in [0.1, 0.15) is 6.92 Å². The van der Waals surface area contributed by atoms with Gasteiger partial charge in [-0.25, -0.2) is 0 Å². The Bertz CT molecular complexity index is 250. The van der Waals surface area contributed by atoms with Crippen LogP contribution in [0.15, 0.2) is 24.3 Å². The molecule has 1 rings (SSSR count). The lowest BCUT2D eigenvalue weighted by Gasteiger charge is -2.08. The van der Waals surface area contributed by atoms with Crippen LogP contribution in [-0.4, -0.2) is 12.6 Å². The highest BCUT2D eigenvalue weighted by Crippen LogP contribution is 2.16. The van der Waals surface area contributed by atoms with Crippen LogP contribution in [0.5, 0.6) is 5.75 Å². The molecule has 1 aromatic carbocycles. The van der Waals surface area contributed by atoms with E-state index in [1.165, 1.54) is 0 Å². The molecule has 0 bridgehead atoms. The fourth-order valence-corrected chi connectivity index (χ4v) is 0.965. The van der Waals surface area contributed by atoms with Gasteiger partial charge in [0.2, 0.25) is 0 Å². The molecule has 2 nitrogen and oxygen atoms in total. The summed E-state index contributed by atoms with van der Waals surface area (Å²) < 4.78 is 5.34. The Morgan fingerprint density at radius 3 is 2.92 bits per heavy atom. The second-order valence-electron chi connectivity index (χ2n) is 2.75. The smallest absolute Gasteiger partial charge is 0.120 e. The maximum absolute atomic E-state index is 5.75. The zero-order valence-electron chi connectivity index (χ0n) is 6.96. The first kappa shape index (κ1) is 9.36. The van der Waals surface area contributed by atoms with Crippen molar-refractivity contribution in [1.82, 2.24) is 0 Å². The van der Waals surface area contributed by atoms with E-state index >= 15 is 0 Å². The lowest BCUT2D eigenvalue weighted by molar-refractivity contribution is 0.296. The Balaban J connectivity index is 2.52. The first-order chi connectivity index (χ1) is 5.68. The van der Waals surface area contributed by atoms with E-state index in [0.29, 0.717) is 11.6 Å². The van der Waals surface area contributed by atoms with Gasteiger partial charge in [0.05, 0.1) is 0 Å². The van der Waals surface area contributed by atoms with Gasteiger partial charge in [-0.05, 0) is 25.1 Å². The Morgan fingerprint density at radius 1 is 1.58 bits per heavy atom. The molecule has 12 heavy (non-hydrogen) atoms. The maximum Gasteiger partial charge on any atom is 0.120 e. The van der Waals surface area contributed by atoms with Gasteiger partial charge in [-0.1, -0.05) is 17.7 Å². The summed E-state index contributed by atoms with van der Waals surface area (Å²) in [7, 11) is 0.